The van der Waals surface area contributed by atoms with Gasteiger partial charge in [0, 0.05) is 29.2 Å². The molecule has 37 heavy (non-hydrogen) atoms. The van der Waals surface area contributed by atoms with Crippen molar-refractivity contribution in [3.63, 3.8) is 0 Å². The van der Waals surface area contributed by atoms with Crippen LogP contribution in [-0.2, 0) is 10.1 Å². The highest BCUT2D eigenvalue weighted by molar-refractivity contribution is 7.87. The number of carbonyl (C=O) groups is 1. The van der Waals surface area contributed by atoms with Gasteiger partial charge < -0.3 is 4.18 Å². The monoisotopic (exact) mass is 568 g/mol. The van der Waals surface area contributed by atoms with Gasteiger partial charge in [-0.05, 0) is 68.7 Å². The maximum absolute atomic E-state index is 13.2. The van der Waals surface area contributed by atoms with Gasteiger partial charge in [0.05, 0.1) is 28.8 Å². The van der Waals surface area contributed by atoms with Crippen molar-refractivity contribution in [3.05, 3.63) is 63.8 Å². The summed E-state index contributed by atoms with van der Waals surface area (Å²) in [4.78, 5) is 13.2. The third-order valence-corrected chi connectivity index (χ3v) is 7.74. The van der Waals surface area contributed by atoms with Crippen LogP contribution in [0.15, 0.2) is 42.5 Å². The molecule has 1 aromatic heterocycles. The maximum Gasteiger partial charge on any atom is 0.309 e. The Morgan fingerprint density at radius 1 is 1.11 bits per heavy atom. The van der Waals surface area contributed by atoms with Gasteiger partial charge in [0.2, 0.25) is 0 Å². The summed E-state index contributed by atoms with van der Waals surface area (Å²) < 4.78 is 43.1. The number of nitrogens with one attached hydrogen (secondary N) is 1. The van der Waals surface area contributed by atoms with Crippen molar-refractivity contribution in [3.8, 4) is 22.7 Å². The molecule has 2 heterocycles. The van der Waals surface area contributed by atoms with Crippen molar-refractivity contribution in [2.45, 2.75) is 32.6 Å². The summed E-state index contributed by atoms with van der Waals surface area (Å²) in [7, 11) is -3.91. The Labute approximate surface area is 225 Å². The molecule has 1 amide bonds. The summed E-state index contributed by atoms with van der Waals surface area (Å²) in [6, 6.07) is 11.3. The van der Waals surface area contributed by atoms with E-state index in [0.29, 0.717) is 32.6 Å². The van der Waals surface area contributed by atoms with E-state index in [1.165, 1.54) is 12.1 Å². The second kappa shape index (κ2) is 11.8. The molecule has 0 radical (unpaired) electrons. The summed E-state index contributed by atoms with van der Waals surface area (Å²) >= 11 is 12.6. The van der Waals surface area contributed by atoms with E-state index in [9.17, 15) is 17.6 Å². The normalized spacial score (nSPS) is 14.5. The predicted molar refractivity (Wildman–Crippen MR) is 142 cm³/mol. The topological polar surface area (TPSA) is 93.5 Å². The summed E-state index contributed by atoms with van der Waals surface area (Å²) in [5.41, 5.74) is 5.57. The molecule has 1 fully saturated rings. The number of hydrogen-bond donors (Lipinski definition) is 1. The Kier molecular flexibility index (Phi) is 8.74. The molecule has 198 valence electrons. The largest absolute Gasteiger partial charge is 0.382 e. The highest BCUT2D eigenvalue weighted by Gasteiger charge is 2.25. The molecule has 1 aliphatic heterocycles. The van der Waals surface area contributed by atoms with Crippen LogP contribution >= 0.6 is 23.2 Å². The molecule has 0 spiro atoms. The zero-order valence-electron chi connectivity index (χ0n) is 20.2. The number of amides is 1. The van der Waals surface area contributed by atoms with Crippen LogP contribution in [0.4, 0.5) is 4.39 Å². The van der Waals surface area contributed by atoms with Gasteiger partial charge >= 0.3 is 10.1 Å². The number of nitrogens with zero attached hydrogens (tertiary/aromatic N) is 3. The molecular weight excluding hydrogens is 542 g/mol. The maximum atomic E-state index is 13.2. The van der Waals surface area contributed by atoms with Crippen molar-refractivity contribution in [2.24, 2.45) is 0 Å². The van der Waals surface area contributed by atoms with E-state index in [2.05, 4.69) is 10.5 Å². The van der Waals surface area contributed by atoms with Gasteiger partial charge in [0.25, 0.3) is 5.91 Å². The molecule has 3 aromatic rings. The molecule has 0 atom stereocenters. The number of hydrazine groups is 1. The lowest BCUT2D eigenvalue weighted by atomic mass is 10.1. The van der Waals surface area contributed by atoms with Crippen molar-refractivity contribution < 1.29 is 21.8 Å². The summed E-state index contributed by atoms with van der Waals surface area (Å²) in [5.74, 6) is -0.649. The van der Waals surface area contributed by atoms with E-state index in [4.69, 9.17) is 27.4 Å². The molecule has 4 rings (SSSR count). The van der Waals surface area contributed by atoms with Crippen LogP contribution in [0.25, 0.3) is 16.9 Å². The first kappa shape index (κ1) is 27.4. The van der Waals surface area contributed by atoms with Gasteiger partial charge in [-0.3, -0.25) is 14.6 Å². The second-order valence-corrected chi connectivity index (χ2v) is 11.3. The standard InChI is InChI=1S/C25H27Cl2FN4O4S/c1-17-23(25(33)30-31-13-3-2-4-14-31)29-32(22-11-8-19(26)16-21(22)27)24(17)18-6-9-20(10-7-18)36-37(34,35)15-5-12-28/h6-11,16H,2-5,12-15H2,1H3,(H,30,33). The number of aromatic nitrogens is 2. The van der Waals surface area contributed by atoms with Crippen LogP contribution in [0, 0.1) is 6.92 Å². The molecule has 0 saturated carbocycles. The Balaban J connectivity index is 1.71. The zero-order valence-corrected chi connectivity index (χ0v) is 22.5. The summed E-state index contributed by atoms with van der Waals surface area (Å²) in [6.45, 7) is 2.60. The van der Waals surface area contributed by atoms with Gasteiger partial charge in [0.1, 0.15) is 5.75 Å². The lowest BCUT2D eigenvalue weighted by Crippen LogP contribution is -2.45. The first-order valence-electron chi connectivity index (χ1n) is 11.9. The van der Waals surface area contributed by atoms with Gasteiger partial charge in [-0.2, -0.15) is 13.5 Å². The van der Waals surface area contributed by atoms with E-state index in [0.717, 1.165) is 32.4 Å². The van der Waals surface area contributed by atoms with E-state index in [1.54, 1.807) is 41.9 Å². The van der Waals surface area contributed by atoms with Crippen LogP contribution in [0.3, 0.4) is 0 Å². The number of rotatable bonds is 9. The van der Waals surface area contributed by atoms with Gasteiger partial charge in [-0.1, -0.05) is 29.6 Å². The predicted octanol–water partition coefficient (Wildman–Crippen LogP) is 5.35. The van der Waals surface area contributed by atoms with Gasteiger partial charge in [0.15, 0.2) is 5.69 Å². The second-order valence-electron chi connectivity index (χ2n) is 8.73. The van der Waals surface area contributed by atoms with Crippen molar-refractivity contribution in [2.75, 3.05) is 25.5 Å². The minimum atomic E-state index is -3.91. The van der Waals surface area contributed by atoms with E-state index < -0.39 is 22.5 Å². The first-order chi connectivity index (χ1) is 17.7. The number of carbonyl (C=O) groups excluding carboxylic acids is 1. The van der Waals surface area contributed by atoms with Crippen LogP contribution in [0.2, 0.25) is 10.0 Å². The van der Waals surface area contributed by atoms with Crippen molar-refractivity contribution in [1.82, 2.24) is 20.2 Å². The van der Waals surface area contributed by atoms with Gasteiger partial charge in [-0.25, -0.2) is 9.69 Å². The fourth-order valence-corrected chi connectivity index (χ4v) is 5.61. The summed E-state index contributed by atoms with van der Waals surface area (Å²) in [6.07, 6.45) is 3.02. The average molecular weight is 569 g/mol. The Hall–Kier alpha value is -2.66. The van der Waals surface area contributed by atoms with E-state index in [-0.39, 0.29) is 23.8 Å². The first-order valence-corrected chi connectivity index (χ1v) is 14.2. The van der Waals surface area contributed by atoms with Crippen LogP contribution < -0.4 is 9.61 Å². The molecule has 1 aliphatic rings. The number of halogens is 3. The molecule has 8 nitrogen and oxygen atoms in total. The van der Waals surface area contributed by atoms with Crippen molar-refractivity contribution >= 4 is 39.2 Å². The molecule has 12 heteroatoms. The zero-order chi connectivity index (χ0) is 26.6. The molecule has 1 N–H and O–H groups in total. The molecule has 2 aromatic carbocycles. The fraction of sp³-hybridized carbons (Fsp3) is 0.360. The number of alkyl halides is 1. The smallest absolute Gasteiger partial charge is 0.309 e. The number of benzene rings is 2. The van der Waals surface area contributed by atoms with E-state index >= 15 is 0 Å². The quantitative estimate of drug-likeness (QED) is 0.349. The molecular formula is C25H27Cl2FN4O4S. The SMILES string of the molecule is Cc1c(C(=O)NN2CCCCC2)nn(-c2ccc(Cl)cc2Cl)c1-c1ccc(OS(=O)(=O)CCCF)cc1. The lowest BCUT2D eigenvalue weighted by molar-refractivity contribution is 0.0743. The molecule has 0 aliphatic carbocycles. The van der Waals surface area contributed by atoms with Crippen LogP contribution in [-0.4, -0.2) is 54.6 Å². The minimum absolute atomic E-state index is 0.0962. The molecule has 0 bridgehead atoms. The minimum Gasteiger partial charge on any atom is -0.382 e. The van der Waals surface area contributed by atoms with Crippen LogP contribution in [0.5, 0.6) is 5.75 Å². The highest BCUT2D eigenvalue weighted by atomic mass is 35.5. The number of hydrogen-bond acceptors (Lipinski definition) is 6. The Bertz CT molecular complexity index is 1370. The van der Waals surface area contributed by atoms with Crippen molar-refractivity contribution in [1.29, 1.82) is 0 Å². The van der Waals surface area contributed by atoms with E-state index in [1.807, 2.05) is 5.01 Å². The Morgan fingerprint density at radius 2 is 1.81 bits per heavy atom. The average Bonchev–Trinajstić information content (AvgIpc) is 3.20. The third-order valence-electron chi connectivity index (χ3n) is 5.97. The fourth-order valence-electron chi connectivity index (χ4n) is 4.17. The van der Waals surface area contributed by atoms with Crippen LogP contribution in [0.1, 0.15) is 41.7 Å². The number of piperidine rings is 1. The molecule has 1 saturated heterocycles. The lowest BCUT2D eigenvalue weighted by Gasteiger charge is -2.26. The van der Waals surface area contributed by atoms with Gasteiger partial charge in [-0.15, -0.1) is 0 Å². The Morgan fingerprint density at radius 3 is 2.46 bits per heavy atom. The highest BCUT2D eigenvalue weighted by Crippen LogP contribution is 2.33. The summed E-state index contributed by atoms with van der Waals surface area (Å²) in [5, 5.41) is 7.31. The molecule has 0 unspecified atom stereocenters. The third kappa shape index (κ3) is 6.62.